The topological polar surface area (TPSA) is 46.3 Å². The van der Waals surface area contributed by atoms with Gasteiger partial charge in [-0.1, -0.05) is 35.8 Å². The average molecular weight is 319 g/mol. The highest BCUT2D eigenvalue weighted by Gasteiger charge is 2.32. The Kier molecular flexibility index (Phi) is 4.48. The van der Waals surface area contributed by atoms with Crippen LogP contribution in [0.5, 0.6) is 0 Å². The van der Waals surface area contributed by atoms with Gasteiger partial charge in [0.25, 0.3) is 5.91 Å². The third-order valence-electron chi connectivity index (χ3n) is 4.04. The second kappa shape index (κ2) is 6.53. The van der Waals surface area contributed by atoms with E-state index in [1.54, 1.807) is 6.07 Å². The fourth-order valence-corrected chi connectivity index (χ4v) is 3.09. The summed E-state index contributed by atoms with van der Waals surface area (Å²) in [5.41, 5.74) is 1.52. The molecule has 0 saturated carbocycles. The van der Waals surface area contributed by atoms with Crippen LogP contribution >= 0.6 is 11.6 Å². The Morgan fingerprint density at radius 3 is 2.91 bits per heavy atom. The molecule has 0 aliphatic carbocycles. The monoisotopic (exact) mass is 318 g/mol. The van der Waals surface area contributed by atoms with Crippen LogP contribution in [0, 0.1) is 0 Å². The van der Waals surface area contributed by atoms with E-state index >= 15 is 0 Å². The summed E-state index contributed by atoms with van der Waals surface area (Å²) in [6.45, 7) is 2.82. The summed E-state index contributed by atoms with van der Waals surface area (Å²) in [5.74, 6) is 0.719. The molecule has 0 N–H and O–H groups in total. The minimum Gasteiger partial charge on any atom is -0.361 e. The Bertz CT molecular complexity index is 651. The largest absolute Gasteiger partial charge is 0.361 e. The summed E-state index contributed by atoms with van der Waals surface area (Å²) in [4.78, 5) is 14.6. The van der Waals surface area contributed by atoms with Gasteiger partial charge in [0, 0.05) is 24.1 Å². The Morgan fingerprint density at radius 1 is 1.41 bits per heavy atom. The van der Waals surface area contributed by atoms with Gasteiger partial charge in [-0.15, -0.1) is 0 Å². The smallest absolute Gasteiger partial charge is 0.276 e. The van der Waals surface area contributed by atoms with Crippen molar-refractivity contribution < 1.29 is 9.32 Å². The number of nitrogens with zero attached hydrogens (tertiary/aromatic N) is 2. The van der Waals surface area contributed by atoms with Crippen molar-refractivity contribution in [2.45, 2.75) is 38.6 Å². The first-order chi connectivity index (χ1) is 10.7. The molecule has 1 aliphatic heterocycles. The summed E-state index contributed by atoms with van der Waals surface area (Å²) >= 11 is 5.94. The number of hydrogen-bond donors (Lipinski definition) is 0. The van der Waals surface area contributed by atoms with Gasteiger partial charge in [0.05, 0.1) is 6.04 Å². The van der Waals surface area contributed by atoms with Gasteiger partial charge in [-0.2, -0.15) is 0 Å². The zero-order valence-electron chi connectivity index (χ0n) is 12.6. The molecular weight excluding hydrogens is 300 g/mol. The number of carbonyl (C=O) groups excluding carboxylic acids is 1. The first-order valence-electron chi connectivity index (χ1n) is 7.71. The number of aromatic nitrogens is 1. The summed E-state index contributed by atoms with van der Waals surface area (Å²) in [6, 6.07) is 9.58. The predicted molar refractivity (Wildman–Crippen MR) is 85.0 cm³/mol. The van der Waals surface area contributed by atoms with Crippen LogP contribution in [0.3, 0.4) is 0 Å². The molecule has 2 aromatic rings. The molecule has 1 aromatic carbocycles. The number of likely N-dealkylation sites (tertiary alicyclic amines) is 1. The zero-order valence-corrected chi connectivity index (χ0v) is 13.3. The van der Waals surface area contributed by atoms with E-state index in [4.69, 9.17) is 16.1 Å². The van der Waals surface area contributed by atoms with E-state index < -0.39 is 0 Å². The van der Waals surface area contributed by atoms with Gasteiger partial charge in [-0.25, -0.2) is 0 Å². The summed E-state index contributed by atoms with van der Waals surface area (Å²) in [5, 5.41) is 4.64. The van der Waals surface area contributed by atoms with Gasteiger partial charge >= 0.3 is 0 Å². The van der Waals surface area contributed by atoms with E-state index in [0.717, 1.165) is 43.6 Å². The van der Waals surface area contributed by atoms with E-state index in [-0.39, 0.29) is 11.9 Å². The van der Waals surface area contributed by atoms with Gasteiger partial charge in [0.1, 0.15) is 5.76 Å². The third-order valence-corrected chi connectivity index (χ3v) is 4.29. The van der Waals surface area contributed by atoms with Crippen LogP contribution in [-0.4, -0.2) is 22.5 Å². The van der Waals surface area contributed by atoms with Crippen molar-refractivity contribution in [2.24, 2.45) is 0 Å². The van der Waals surface area contributed by atoms with Crippen molar-refractivity contribution in [1.82, 2.24) is 10.1 Å². The van der Waals surface area contributed by atoms with E-state index in [9.17, 15) is 4.79 Å². The van der Waals surface area contributed by atoms with Crippen molar-refractivity contribution in [3.05, 3.63) is 52.4 Å². The quantitative estimate of drug-likeness (QED) is 0.846. The molecule has 3 rings (SSSR count). The number of halogens is 1. The van der Waals surface area contributed by atoms with Crippen LogP contribution in [0.2, 0.25) is 5.02 Å². The molecule has 0 radical (unpaired) electrons. The molecule has 1 aliphatic rings. The zero-order chi connectivity index (χ0) is 15.5. The van der Waals surface area contributed by atoms with Crippen LogP contribution in [0.25, 0.3) is 0 Å². The number of amides is 1. The van der Waals surface area contributed by atoms with E-state index in [1.165, 1.54) is 0 Å². The summed E-state index contributed by atoms with van der Waals surface area (Å²) in [6.07, 6.45) is 3.74. The maximum Gasteiger partial charge on any atom is 0.276 e. The lowest BCUT2D eigenvalue weighted by molar-refractivity contribution is 0.0725. The number of carbonyl (C=O) groups is 1. The molecule has 1 fully saturated rings. The van der Waals surface area contributed by atoms with Crippen LogP contribution in [-0.2, 0) is 6.42 Å². The minimum absolute atomic E-state index is 0.0523. The van der Waals surface area contributed by atoms with E-state index in [0.29, 0.717) is 10.7 Å². The fourth-order valence-electron chi connectivity index (χ4n) is 2.97. The van der Waals surface area contributed by atoms with Crippen molar-refractivity contribution in [3.8, 4) is 0 Å². The fraction of sp³-hybridized carbons (Fsp3) is 0.412. The Balaban J connectivity index is 1.79. The standard InChI is InChI=1S/C17H19ClN2O2/c1-2-4-14-11-15(19-22-14)17(21)20-10-3-5-16(20)12-6-8-13(18)9-7-12/h6-9,11,16H,2-5,10H2,1H3/t16-/m0/s1. The van der Waals surface area contributed by atoms with Crippen molar-refractivity contribution in [2.75, 3.05) is 6.54 Å². The molecule has 1 saturated heterocycles. The normalized spacial score (nSPS) is 17.9. The molecule has 1 amide bonds. The van der Waals surface area contributed by atoms with Crippen LogP contribution in [0.15, 0.2) is 34.9 Å². The third kappa shape index (κ3) is 3.02. The Morgan fingerprint density at radius 2 is 2.18 bits per heavy atom. The number of hydrogen-bond acceptors (Lipinski definition) is 3. The first kappa shape index (κ1) is 15.1. The lowest BCUT2D eigenvalue weighted by atomic mass is 10.0. The van der Waals surface area contributed by atoms with Gasteiger partial charge in [0.2, 0.25) is 0 Å². The lowest BCUT2D eigenvalue weighted by Gasteiger charge is -2.24. The second-order valence-electron chi connectivity index (χ2n) is 5.64. The van der Waals surface area contributed by atoms with Crippen LogP contribution in [0.1, 0.15) is 54.0 Å². The summed E-state index contributed by atoms with van der Waals surface area (Å²) in [7, 11) is 0. The average Bonchev–Trinajstić information content (AvgIpc) is 3.17. The maximum absolute atomic E-state index is 12.7. The molecule has 116 valence electrons. The van der Waals surface area contributed by atoms with Crippen LogP contribution < -0.4 is 0 Å². The van der Waals surface area contributed by atoms with Gasteiger partial charge in [0.15, 0.2) is 5.69 Å². The molecule has 2 heterocycles. The van der Waals surface area contributed by atoms with Crippen molar-refractivity contribution in [3.63, 3.8) is 0 Å². The maximum atomic E-state index is 12.7. The second-order valence-corrected chi connectivity index (χ2v) is 6.07. The van der Waals surface area contributed by atoms with E-state index in [2.05, 4.69) is 12.1 Å². The minimum atomic E-state index is -0.0523. The molecule has 1 aromatic heterocycles. The Hall–Kier alpha value is -1.81. The van der Waals surface area contributed by atoms with Crippen molar-refractivity contribution >= 4 is 17.5 Å². The molecule has 22 heavy (non-hydrogen) atoms. The van der Waals surface area contributed by atoms with Crippen molar-refractivity contribution in [1.29, 1.82) is 0 Å². The molecule has 1 atom stereocenters. The molecule has 4 nitrogen and oxygen atoms in total. The molecule has 0 spiro atoms. The SMILES string of the molecule is CCCc1cc(C(=O)N2CCC[C@H]2c2ccc(Cl)cc2)no1. The van der Waals surface area contributed by atoms with Gasteiger partial charge in [-0.3, -0.25) is 4.79 Å². The van der Waals surface area contributed by atoms with Gasteiger partial charge < -0.3 is 9.42 Å². The molecule has 0 unspecified atom stereocenters. The highest BCUT2D eigenvalue weighted by atomic mass is 35.5. The summed E-state index contributed by atoms with van der Waals surface area (Å²) < 4.78 is 5.23. The molecule has 5 heteroatoms. The highest BCUT2D eigenvalue weighted by molar-refractivity contribution is 6.30. The first-order valence-corrected chi connectivity index (χ1v) is 8.09. The van der Waals surface area contributed by atoms with E-state index in [1.807, 2.05) is 29.2 Å². The number of benzene rings is 1. The molecule has 0 bridgehead atoms. The van der Waals surface area contributed by atoms with Crippen LogP contribution in [0.4, 0.5) is 0 Å². The Labute approximate surface area is 135 Å². The predicted octanol–water partition coefficient (Wildman–Crippen LogP) is 4.26. The lowest BCUT2D eigenvalue weighted by Crippen LogP contribution is -2.30. The van der Waals surface area contributed by atoms with Gasteiger partial charge in [-0.05, 0) is 37.0 Å². The molecular formula is C17H19ClN2O2. The highest BCUT2D eigenvalue weighted by Crippen LogP contribution is 2.33. The number of aryl methyl sites for hydroxylation is 1. The number of rotatable bonds is 4.